The number of nitrogens with zero attached hydrogens (tertiary/aromatic N) is 1. The molecule has 1 saturated heterocycles. The highest BCUT2D eigenvalue weighted by molar-refractivity contribution is 5.97. The molecule has 0 aromatic heterocycles. The van der Waals surface area contributed by atoms with Gasteiger partial charge in [-0.3, -0.25) is 9.59 Å². The summed E-state index contributed by atoms with van der Waals surface area (Å²) in [7, 11) is 0. The molecule has 2 rings (SSSR count). The number of benzene rings is 1. The van der Waals surface area contributed by atoms with Gasteiger partial charge in [0.1, 0.15) is 5.82 Å². The van der Waals surface area contributed by atoms with E-state index in [9.17, 15) is 14.0 Å². The molecule has 0 spiro atoms. The van der Waals surface area contributed by atoms with Gasteiger partial charge in [0.15, 0.2) is 0 Å². The van der Waals surface area contributed by atoms with Gasteiger partial charge in [0.05, 0.1) is 5.92 Å². The molecule has 1 aromatic rings. The van der Waals surface area contributed by atoms with Gasteiger partial charge in [0.25, 0.3) is 0 Å². The zero-order valence-electron chi connectivity index (χ0n) is 11.0. The molecule has 1 atom stereocenters. The van der Waals surface area contributed by atoms with Crippen LogP contribution in [0.15, 0.2) is 24.3 Å². The second kappa shape index (κ2) is 5.38. The standard InChI is InChI=1S/C14H17FN2O2/c1-9(2)17-8-10(7-13(17)18)14(19)16-12-5-3-11(15)4-6-12/h3-6,9-10H,7-8H2,1-2H3,(H,16,19)/t10-/m0/s1. The number of hydrogen-bond donors (Lipinski definition) is 1. The number of rotatable bonds is 3. The Morgan fingerprint density at radius 1 is 1.37 bits per heavy atom. The molecular weight excluding hydrogens is 247 g/mol. The number of anilines is 1. The van der Waals surface area contributed by atoms with Crippen LogP contribution in [0.5, 0.6) is 0 Å². The van der Waals surface area contributed by atoms with Crippen molar-refractivity contribution < 1.29 is 14.0 Å². The Balaban J connectivity index is 1.98. The smallest absolute Gasteiger partial charge is 0.229 e. The summed E-state index contributed by atoms with van der Waals surface area (Å²) in [5, 5.41) is 2.71. The van der Waals surface area contributed by atoms with E-state index < -0.39 is 0 Å². The Hall–Kier alpha value is -1.91. The van der Waals surface area contributed by atoms with Crippen molar-refractivity contribution >= 4 is 17.5 Å². The van der Waals surface area contributed by atoms with Gasteiger partial charge in [0.2, 0.25) is 11.8 Å². The predicted octanol–water partition coefficient (Wildman–Crippen LogP) is 2.02. The monoisotopic (exact) mass is 264 g/mol. The van der Waals surface area contributed by atoms with Gasteiger partial charge in [-0.2, -0.15) is 0 Å². The van der Waals surface area contributed by atoms with Crippen molar-refractivity contribution in [2.45, 2.75) is 26.3 Å². The first-order valence-electron chi connectivity index (χ1n) is 6.33. The SMILES string of the molecule is CC(C)N1C[C@@H](C(=O)Nc2ccc(F)cc2)CC1=O. The molecule has 2 amide bonds. The summed E-state index contributed by atoms with van der Waals surface area (Å²) >= 11 is 0. The molecule has 0 aliphatic carbocycles. The zero-order chi connectivity index (χ0) is 14.0. The van der Waals surface area contributed by atoms with Crippen molar-refractivity contribution in [3.05, 3.63) is 30.1 Å². The fourth-order valence-corrected chi connectivity index (χ4v) is 2.18. The first-order chi connectivity index (χ1) is 8.97. The summed E-state index contributed by atoms with van der Waals surface area (Å²) in [6.07, 6.45) is 0.241. The number of amides is 2. The van der Waals surface area contributed by atoms with Crippen molar-refractivity contribution in [3.8, 4) is 0 Å². The largest absolute Gasteiger partial charge is 0.339 e. The number of nitrogens with one attached hydrogen (secondary N) is 1. The molecule has 1 aliphatic heterocycles. The van der Waals surface area contributed by atoms with Gasteiger partial charge >= 0.3 is 0 Å². The quantitative estimate of drug-likeness (QED) is 0.908. The third kappa shape index (κ3) is 3.10. The lowest BCUT2D eigenvalue weighted by Gasteiger charge is -2.20. The third-order valence-electron chi connectivity index (χ3n) is 3.26. The Kier molecular flexibility index (Phi) is 3.83. The van der Waals surface area contributed by atoms with Crippen LogP contribution in [-0.4, -0.2) is 29.3 Å². The number of halogens is 1. The van der Waals surface area contributed by atoms with E-state index in [0.29, 0.717) is 12.2 Å². The summed E-state index contributed by atoms with van der Waals surface area (Å²) in [6, 6.07) is 5.69. The lowest BCUT2D eigenvalue weighted by Crippen LogP contribution is -2.33. The van der Waals surface area contributed by atoms with Crippen LogP contribution >= 0.6 is 0 Å². The molecule has 19 heavy (non-hydrogen) atoms. The normalized spacial score (nSPS) is 19.1. The van der Waals surface area contributed by atoms with Crippen LogP contribution in [0.2, 0.25) is 0 Å². The van der Waals surface area contributed by atoms with Crippen LogP contribution < -0.4 is 5.32 Å². The van der Waals surface area contributed by atoms with Crippen molar-refractivity contribution in [1.82, 2.24) is 4.90 Å². The number of carbonyl (C=O) groups excluding carboxylic acids is 2. The molecule has 1 fully saturated rings. The Labute approximate surface area is 111 Å². The topological polar surface area (TPSA) is 49.4 Å². The van der Waals surface area contributed by atoms with Crippen LogP contribution in [0.1, 0.15) is 20.3 Å². The van der Waals surface area contributed by atoms with Gasteiger partial charge in [0, 0.05) is 24.7 Å². The Morgan fingerprint density at radius 3 is 2.53 bits per heavy atom. The third-order valence-corrected chi connectivity index (χ3v) is 3.26. The zero-order valence-corrected chi connectivity index (χ0v) is 11.0. The number of hydrogen-bond acceptors (Lipinski definition) is 2. The van der Waals surface area contributed by atoms with Gasteiger partial charge in [-0.15, -0.1) is 0 Å². The second-order valence-corrected chi connectivity index (χ2v) is 5.04. The molecule has 1 heterocycles. The Morgan fingerprint density at radius 2 is 2.00 bits per heavy atom. The van der Waals surface area contributed by atoms with Crippen LogP contribution in [0.3, 0.4) is 0 Å². The minimum absolute atomic E-state index is 0.00857. The van der Waals surface area contributed by atoms with E-state index in [2.05, 4.69) is 5.32 Å². The highest BCUT2D eigenvalue weighted by Crippen LogP contribution is 2.21. The average molecular weight is 264 g/mol. The average Bonchev–Trinajstić information content (AvgIpc) is 2.74. The molecule has 102 valence electrons. The van der Waals surface area contributed by atoms with E-state index in [1.54, 1.807) is 4.90 Å². The van der Waals surface area contributed by atoms with Crippen molar-refractivity contribution in [3.63, 3.8) is 0 Å². The lowest BCUT2D eigenvalue weighted by molar-refractivity contribution is -0.129. The maximum atomic E-state index is 12.8. The van der Waals surface area contributed by atoms with Crippen LogP contribution in [-0.2, 0) is 9.59 Å². The molecule has 5 heteroatoms. The molecule has 1 N–H and O–H groups in total. The highest BCUT2D eigenvalue weighted by Gasteiger charge is 2.35. The van der Waals surface area contributed by atoms with Crippen LogP contribution in [0, 0.1) is 11.7 Å². The first kappa shape index (κ1) is 13.5. The van der Waals surface area contributed by atoms with Crippen molar-refractivity contribution in [2.75, 3.05) is 11.9 Å². The van der Waals surface area contributed by atoms with E-state index in [1.807, 2.05) is 13.8 Å². The molecule has 0 unspecified atom stereocenters. The number of carbonyl (C=O) groups is 2. The molecule has 0 radical (unpaired) electrons. The maximum absolute atomic E-state index is 12.8. The van der Waals surface area contributed by atoms with E-state index in [1.165, 1.54) is 24.3 Å². The minimum Gasteiger partial charge on any atom is -0.339 e. The van der Waals surface area contributed by atoms with Crippen molar-refractivity contribution in [2.24, 2.45) is 5.92 Å². The summed E-state index contributed by atoms with van der Waals surface area (Å²) in [5.74, 6) is -0.864. The fourth-order valence-electron chi connectivity index (χ4n) is 2.18. The molecular formula is C14H17FN2O2. The van der Waals surface area contributed by atoms with E-state index >= 15 is 0 Å². The number of likely N-dealkylation sites (tertiary alicyclic amines) is 1. The molecule has 0 saturated carbocycles. The van der Waals surface area contributed by atoms with Gasteiger partial charge < -0.3 is 10.2 Å². The van der Waals surface area contributed by atoms with Gasteiger partial charge in [-0.05, 0) is 38.1 Å². The Bertz CT molecular complexity index is 485. The van der Waals surface area contributed by atoms with Crippen LogP contribution in [0.4, 0.5) is 10.1 Å². The minimum atomic E-state index is -0.347. The molecule has 1 aromatic carbocycles. The van der Waals surface area contributed by atoms with Crippen LogP contribution in [0.25, 0.3) is 0 Å². The van der Waals surface area contributed by atoms with E-state index in [0.717, 1.165) is 0 Å². The summed E-state index contributed by atoms with van der Waals surface area (Å²) in [5.41, 5.74) is 0.543. The lowest BCUT2D eigenvalue weighted by atomic mass is 10.1. The van der Waals surface area contributed by atoms with Crippen molar-refractivity contribution in [1.29, 1.82) is 0 Å². The fraction of sp³-hybridized carbons (Fsp3) is 0.429. The maximum Gasteiger partial charge on any atom is 0.229 e. The molecule has 4 nitrogen and oxygen atoms in total. The summed E-state index contributed by atoms with van der Waals surface area (Å²) < 4.78 is 12.8. The second-order valence-electron chi connectivity index (χ2n) is 5.04. The highest BCUT2D eigenvalue weighted by atomic mass is 19.1. The molecule has 1 aliphatic rings. The van der Waals surface area contributed by atoms with Gasteiger partial charge in [-0.25, -0.2) is 4.39 Å². The van der Waals surface area contributed by atoms with Gasteiger partial charge in [-0.1, -0.05) is 0 Å². The predicted molar refractivity (Wildman–Crippen MR) is 70.0 cm³/mol. The van der Waals surface area contributed by atoms with E-state index in [4.69, 9.17) is 0 Å². The molecule has 0 bridgehead atoms. The summed E-state index contributed by atoms with van der Waals surface area (Å²) in [6.45, 7) is 4.31. The summed E-state index contributed by atoms with van der Waals surface area (Å²) in [4.78, 5) is 25.5. The first-order valence-corrected chi connectivity index (χ1v) is 6.33. The van der Waals surface area contributed by atoms with E-state index in [-0.39, 0.29) is 36.0 Å².